The largest absolute Gasteiger partial charge is 0.369 e. The molecule has 0 saturated carbocycles. The number of anilines is 1. The molecule has 1 aromatic carbocycles. The summed E-state index contributed by atoms with van der Waals surface area (Å²) in [6.45, 7) is 7.85. The number of fused-ring (bicyclic) bond motifs is 1. The van der Waals surface area contributed by atoms with E-state index in [1.807, 2.05) is 22.9 Å². The van der Waals surface area contributed by atoms with E-state index in [1.165, 1.54) is 25.1 Å². The lowest BCUT2D eigenvalue weighted by atomic mass is 10.1. The Labute approximate surface area is 165 Å². The zero-order chi connectivity index (χ0) is 19.5. The monoisotopic (exact) mass is 377 g/mol. The van der Waals surface area contributed by atoms with Crippen molar-refractivity contribution >= 4 is 17.2 Å². The predicted octanol–water partition coefficient (Wildman–Crippen LogP) is 3.02. The number of pyridine rings is 1. The van der Waals surface area contributed by atoms with Crippen LogP contribution in [0.3, 0.4) is 0 Å². The summed E-state index contributed by atoms with van der Waals surface area (Å²) >= 11 is 0. The van der Waals surface area contributed by atoms with Crippen molar-refractivity contribution in [2.45, 2.75) is 19.8 Å². The first kappa shape index (κ1) is 18.5. The first-order valence-corrected chi connectivity index (χ1v) is 10.0. The van der Waals surface area contributed by atoms with Gasteiger partial charge in [-0.15, -0.1) is 0 Å². The third-order valence-electron chi connectivity index (χ3n) is 5.48. The Morgan fingerprint density at radius 2 is 1.86 bits per heavy atom. The molecule has 3 aromatic rings. The lowest BCUT2D eigenvalue weighted by Gasteiger charge is -2.36. The molecule has 1 aliphatic rings. The number of carbonyl (C=O) groups is 1. The maximum Gasteiger partial charge on any atom is 0.252 e. The van der Waals surface area contributed by atoms with Crippen molar-refractivity contribution in [2.24, 2.45) is 5.73 Å². The summed E-state index contributed by atoms with van der Waals surface area (Å²) in [5, 5.41) is 0. The minimum absolute atomic E-state index is 0.436. The molecule has 6 nitrogen and oxygen atoms in total. The number of rotatable bonds is 6. The van der Waals surface area contributed by atoms with Gasteiger partial charge in [-0.25, -0.2) is 4.98 Å². The van der Waals surface area contributed by atoms with E-state index in [1.54, 1.807) is 6.07 Å². The van der Waals surface area contributed by atoms with Gasteiger partial charge >= 0.3 is 0 Å². The van der Waals surface area contributed by atoms with Crippen molar-refractivity contribution in [1.82, 2.24) is 14.3 Å². The Morgan fingerprint density at radius 3 is 2.54 bits per heavy atom. The topological polar surface area (TPSA) is 66.9 Å². The van der Waals surface area contributed by atoms with E-state index < -0.39 is 5.91 Å². The van der Waals surface area contributed by atoms with Gasteiger partial charge in [0, 0.05) is 49.8 Å². The molecule has 1 saturated heterocycles. The van der Waals surface area contributed by atoms with Gasteiger partial charge in [-0.05, 0) is 37.2 Å². The lowest BCUT2D eigenvalue weighted by Crippen LogP contribution is -2.46. The highest BCUT2D eigenvalue weighted by atomic mass is 16.1. The molecular formula is C22H27N5O. The van der Waals surface area contributed by atoms with Gasteiger partial charge in [0.2, 0.25) is 0 Å². The summed E-state index contributed by atoms with van der Waals surface area (Å²) in [4.78, 5) is 21.3. The van der Waals surface area contributed by atoms with E-state index in [2.05, 4.69) is 46.0 Å². The molecule has 1 amide bonds. The number of aromatic nitrogens is 2. The van der Waals surface area contributed by atoms with E-state index in [-0.39, 0.29) is 0 Å². The Hall–Kier alpha value is -2.86. The first-order valence-electron chi connectivity index (χ1n) is 10.0. The predicted molar refractivity (Wildman–Crippen MR) is 113 cm³/mol. The zero-order valence-electron chi connectivity index (χ0n) is 16.3. The van der Waals surface area contributed by atoms with E-state index in [0.29, 0.717) is 11.2 Å². The molecule has 0 spiro atoms. The molecule has 0 atom stereocenters. The van der Waals surface area contributed by atoms with E-state index in [0.717, 1.165) is 37.4 Å². The third-order valence-corrected chi connectivity index (χ3v) is 5.48. The molecule has 146 valence electrons. The second kappa shape index (κ2) is 8.02. The van der Waals surface area contributed by atoms with Crippen LogP contribution in [0, 0.1) is 0 Å². The summed E-state index contributed by atoms with van der Waals surface area (Å²) < 4.78 is 1.85. The van der Waals surface area contributed by atoms with E-state index in [4.69, 9.17) is 5.73 Å². The summed E-state index contributed by atoms with van der Waals surface area (Å²) in [7, 11) is 0. The van der Waals surface area contributed by atoms with Gasteiger partial charge < -0.3 is 15.0 Å². The molecule has 4 rings (SSSR count). The van der Waals surface area contributed by atoms with Crippen LogP contribution >= 0.6 is 0 Å². The van der Waals surface area contributed by atoms with Gasteiger partial charge in [0.15, 0.2) is 0 Å². The normalized spacial score (nSPS) is 15.2. The van der Waals surface area contributed by atoms with Crippen LogP contribution in [0.15, 0.2) is 48.8 Å². The molecule has 0 bridgehead atoms. The fourth-order valence-corrected chi connectivity index (χ4v) is 3.80. The van der Waals surface area contributed by atoms with Crippen LogP contribution in [0.5, 0.6) is 0 Å². The second-order valence-electron chi connectivity index (χ2n) is 7.37. The standard InChI is InChI=1S/C22H27N5O/c1-2-3-10-25-12-14-26(15-13-25)18-8-6-17(7-9-18)20-16-27-11-4-5-19(21(23)28)22(27)24-20/h4-9,11,16H,2-3,10,12-15H2,1H3,(H2,23,28). The van der Waals surface area contributed by atoms with Crippen LogP contribution in [-0.4, -0.2) is 52.9 Å². The molecule has 2 N–H and O–H groups in total. The highest BCUT2D eigenvalue weighted by Crippen LogP contribution is 2.24. The smallest absolute Gasteiger partial charge is 0.252 e. The van der Waals surface area contributed by atoms with Crippen LogP contribution < -0.4 is 10.6 Å². The molecule has 0 aliphatic carbocycles. The fraction of sp³-hybridized carbons (Fsp3) is 0.364. The van der Waals surface area contributed by atoms with Crippen molar-refractivity contribution in [2.75, 3.05) is 37.6 Å². The molecule has 3 heterocycles. The molecule has 1 fully saturated rings. The highest BCUT2D eigenvalue weighted by molar-refractivity contribution is 5.98. The quantitative estimate of drug-likeness (QED) is 0.717. The summed E-state index contributed by atoms with van der Waals surface area (Å²) in [5.74, 6) is -0.462. The Kier molecular flexibility index (Phi) is 5.30. The zero-order valence-corrected chi connectivity index (χ0v) is 16.3. The molecule has 1 aliphatic heterocycles. The maximum atomic E-state index is 11.6. The van der Waals surface area contributed by atoms with E-state index in [9.17, 15) is 4.79 Å². The number of piperazine rings is 1. The van der Waals surface area contributed by atoms with Gasteiger partial charge in [0.25, 0.3) is 5.91 Å². The molecule has 0 unspecified atom stereocenters. The van der Waals surface area contributed by atoms with Gasteiger partial charge in [0.1, 0.15) is 5.65 Å². The first-order chi connectivity index (χ1) is 13.7. The molecule has 0 radical (unpaired) electrons. The van der Waals surface area contributed by atoms with Gasteiger partial charge in [-0.1, -0.05) is 25.5 Å². The SMILES string of the molecule is CCCCN1CCN(c2ccc(-c3cn4cccc(C(N)=O)c4n3)cc2)CC1. The fourth-order valence-electron chi connectivity index (χ4n) is 3.80. The van der Waals surface area contributed by atoms with Crippen molar-refractivity contribution in [3.63, 3.8) is 0 Å². The summed E-state index contributed by atoms with van der Waals surface area (Å²) in [5.41, 5.74) is 9.62. The van der Waals surface area contributed by atoms with Crippen LogP contribution in [0.25, 0.3) is 16.9 Å². The Bertz CT molecular complexity index is 955. The number of imidazole rings is 1. The van der Waals surface area contributed by atoms with Gasteiger partial charge in [-0.3, -0.25) is 9.69 Å². The van der Waals surface area contributed by atoms with Crippen LogP contribution in [0.1, 0.15) is 30.1 Å². The number of amides is 1. The molecular weight excluding hydrogens is 350 g/mol. The van der Waals surface area contributed by atoms with E-state index >= 15 is 0 Å². The molecule has 28 heavy (non-hydrogen) atoms. The Morgan fingerprint density at radius 1 is 1.11 bits per heavy atom. The molecule has 6 heteroatoms. The van der Waals surface area contributed by atoms with Crippen molar-refractivity contribution in [1.29, 1.82) is 0 Å². The van der Waals surface area contributed by atoms with Crippen LogP contribution in [0.4, 0.5) is 5.69 Å². The number of nitrogens with zero attached hydrogens (tertiary/aromatic N) is 4. The van der Waals surface area contributed by atoms with Crippen molar-refractivity contribution in [3.05, 3.63) is 54.4 Å². The Balaban J connectivity index is 1.49. The molecule has 2 aromatic heterocycles. The summed E-state index contributed by atoms with van der Waals surface area (Å²) in [6, 6.07) is 12.0. The minimum atomic E-state index is -0.462. The van der Waals surface area contributed by atoms with Crippen molar-refractivity contribution < 1.29 is 4.79 Å². The number of carbonyl (C=O) groups excluding carboxylic acids is 1. The average molecular weight is 377 g/mol. The van der Waals surface area contributed by atoms with Crippen LogP contribution in [-0.2, 0) is 0 Å². The lowest BCUT2D eigenvalue weighted by molar-refractivity contribution is 0.100. The van der Waals surface area contributed by atoms with Gasteiger partial charge in [0.05, 0.1) is 11.3 Å². The summed E-state index contributed by atoms with van der Waals surface area (Å²) in [6.07, 6.45) is 6.35. The van der Waals surface area contributed by atoms with Gasteiger partial charge in [-0.2, -0.15) is 0 Å². The maximum absolute atomic E-state index is 11.6. The second-order valence-corrected chi connectivity index (χ2v) is 7.37. The highest BCUT2D eigenvalue weighted by Gasteiger charge is 2.17. The average Bonchev–Trinajstić information content (AvgIpc) is 3.17. The van der Waals surface area contributed by atoms with Crippen molar-refractivity contribution in [3.8, 4) is 11.3 Å². The minimum Gasteiger partial charge on any atom is -0.369 e. The number of benzene rings is 1. The number of hydrogen-bond acceptors (Lipinski definition) is 4. The number of nitrogens with two attached hydrogens (primary N) is 1. The third kappa shape index (κ3) is 3.73. The number of primary amides is 1. The number of hydrogen-bond donors (Lipinski definition) is 1. The van der Waals surface area contributed by atoms with Crippen LogP contribution in [0.2, 0.25) is 0 Å². The number of unbranched alkanes of at least 4 members (excludes halogenated alkanes) is 1.